The van der Waals surface area contributed by atoms with Crippen LogP contribution in [0, 0.1) is 0 Å². The molecule has 1 aliphatic rings. The molecule has 108 valence electrons. The molecule has 2 atom stereocenters. The lowest BCUT2D eigenvalue weighted by atomic mass is 10.4. The van der Waals surface area contributed by atoms with Gasteiger partial charge in [0.2, 0.25) is 0 Å². The van der Waals surface area contributed by atoms with Crippen molar-refractivity contribution in [3.63, 3.8) is 0 Å². The maximum atomic E-state index is 12.4. The van der Waals surface area contributed by atoms with Crippen LogP contribution in [0.3, 0.4) is 0 Å². The average molecular weight is 295 g/mol. The Morgan fingerprint density at radius 2 is 1.89 bits per heavy atom. The lowest BCUT2D eigenvalue weighted by molar-refractivity contribution is 0.352. The number of nitrogens with zero attached hydrogens (tertiary/aromatic N) is 2. The zero-order valence-electron chi connectivity index (χ0n) is 11.7. The summed E-state index contributed by atoms with van der Waals surface area (Å²) in [6.07, 6.45) is 0.833. The Kier molecular flexibility index (Phi) is 6.40. The van der Waals surface area contributed by atoms with E-state index in [1.807, 2.05) is 18.8 Å². The first-order chi connectivity index (χ1) is 8.37. The first kappa shape index (κ1) is 16.2. The number of rotatable bonds is 6. The van der Waals surface area contributed by atoms with Crippen LogP contribution in [-0.2, 0) is 10.2 Å². The maximum absolute atomic E-state index is 12.4. The highest BCUT2D eigenvalue weighted by Crippen LogP contribution is 2.27. The Balaban J connectivity index is 2.61. The third-order valence-electron chi connectivity index (χ3n) is 3.01. The monoisotopic (exact) mass is 295 g/mol. The third kappa shape index (κ3) is 4.38. The van der Waals surface area contributed by atoms with Crippen LogP contribution in [0.4, 0.5) is 0 Å². The second-order valence-electron chi connectivity index (χ2n) is 4.86. The van der Waals surface area contributed by atoms with E-state index in [2.05, 4.69) is 19.2 Å². The van der Waals surface area contributed by atoms with Crippen LogP contribution in [0.2, 0.25) is 0 Å². The first-order valence-corrected chi connectivity index (χ1v) is 8.73. The third-order valence-corrected chi connectivity index (χ3v) is 6.15. The van der Waals surface area contributed by atoms with Gasteiger partial charge in [0.1, 0.15) is 0 Å². The molecule has 0 aromatic carbocycles. The molecule has 1 N–H and O–H groups in total. The summed E-state index contributed by atoms with van der Waals surface area (Å²) in [5.41, 5.74) is 0. The largest absolute Gasteiger partial charge is 0.320 e. The standard InChI is InChI=1S/C11H25N3O2S2/c1-10-8-14(9-11(2)17-10)18(15,16)13(4)7-5-6-12-3/h10-12H,5-9H2,1-4H3. The van der Waals surface area contributed by atoms with Crippen LogP contribution < -0.4 is 5.32 Å². The van der Waals surface area contributed by atoms with Gasteiger partial charge in [-0.3, -0.25) is 0 Å². The van der Waals surface area contributed by atoms with Crippen LogP contribution in [0.1, 0.15) is 20.3 Å². The second kappa shape index (κ2) is 7.09. The molecule has 7 heteroatoms. The zero-order chi connectivity index (χ0) is 13.8. The topological polar surface area (TPSA) is 52.7 Å². The molecule has 0 aliphatic carbocycles. The number of hydrogen-bond donors (Lipinski definition) is 1. The van der Waals surface area contributed by atoms with E-state index in [1.54, 1.807) is 11.4 Å². The molecule has 1 saturated heterocycles. The summed E-state index contributed by atoms with van der Waals surface area (Å²) in [5, 5.41) is 3.77. The summed E-state index contributed by atoms with van der Waals surface area (Å²) in [4.78, 5) is 0. The molecule has 0 spiro atoms. The van der Waals surface area contributed by atoms with Crippen molar-refractivity contribution in [1.29, 1.82) is 0 Å². The Bertz CT molecular complexity index is 338. The fourth-order valence-electron chi connectivity index (χ4n) is 2.11. The van der Waals surface area contributed by atoms with E-state index in [0.717, 1.165) is 13.0 Å². The van der Waals surface area contributed by atoms with Crippen molar-refractivity contribution in [3.05, 3.63) is 0 Å². The van der Waals surface area contributed by atoms with Gasteiger partial charge in [0, 0.05) is 37.2 Å². The lowest BCUT2D eigenvalue weighted by Gasteiger charge is -2.35. The van der Waals surface area contributed by atoms with Gasteiger partial charge < -0.3 is 5.32 Å². The van der Waals surface area contributed by atoms with E-state index in [-0.39, 0.29) is 0 Å². The van der Waals surface area contributed by atoms with Crippen LogP contribution >= 0.6 is 11.8 Å². The van der Waals surface area contributed by atoms with Crippen molar-refractivity contribution in [2.24, 2.45) is 0 Å². The maximum Gasteiger partial charge on any atom is 0.281 e. The quantitative estimate of drug-likeness (QED) is 0.729. The summed E-state index contributed by atoms with van der Waals surface area (Å²) in [7, 11) is 0.261. The SMILES string of the molecule is CNCCCN(C)S(=O)(=O)N1CC(C)SC(C)C1. The van der Waals surface area contributed by atoms with Crippen molar-refractivity contribution in [3.8, 4) is 0 Å². The minimum absolute atomic E-state index is 0.370. The minimum atomic E-state index is -3.28. The van der Waals surface area contributed by atoms with Gasteiger partial charge in [-0.2, -0.15) is 28.8 Å². The molecule has 1 heterocycles. The lowest BCUT2D eigenvalue weighted by Crippen LogP contribution is -2.49. The van der Waals surface area contributed by atoms with Gasteiger partial charge in [-0.1, -0.05) is 13.8 Å². The summed E-state index contributed by atoms with van der Waals surface area (Å²) >= 11 is 1.86. The molecule has 0 aromatic heterocycles. The predicted octanol–water partition coefficient (Wildman–Crippen LogP) is 0.598. The van der Waals surface area contributed by atoms with Crippen molar-refractivity contribution < 1.29 is 8.42 Å². The van der Waals surface area contributed by atoms with E-state index in [1.165, 1.54) is 4.31 Å². The molecule has 2 unspecified atom stereocenters. The summed E-state index contributed by atoms with van der Waals surface area (Å²) in [5.74, 6) is 0. The van der Waals surface area contributed by atoms with E-state index >= 15 is 0 Å². The Morgan fingerprint density at radius 3 is 2.39 bits per heavy atom. The average Bonchev–Trinajstić information content (AvgIpc) is 2.27. The van der Waals surface area contributed by atoms with Gasteiger partial charge in [-0.25, -0.2) is 0 Å². The highest BCUT2D eigenvalue weighted by Gasteiger charge is 2.33. The molecule has 1 rings (SSSR count). The molecule has 0 saturated carbocycles. The smallest absolute Gasteiger partial charge is 0.281 e. The Labute approximate surface area is 115 Å². The van der Waals surface area contributed by atoms with Crippen LogP contribution in [-0.4, -0.2) is 67.8 Å². The molecule has 1 aliphatic heterocycles. The van der Waals surface area contributed by atoms with E-state index in [0.29, 0.717) is 30.1 Å². The van der Waals surface area contributed by atoms with Crippen LogP contribution in [0.25, 0.3) is 0 Å². The highest BCUT2D eigenvalue weighted by atomic mass is 32.2. The second-order valence-corrected chi connectivity index (χ2v) is 8.78. The van der Waals surface area contributed by atoms with E-state index in [9.17, 15) is 8.42 Å². The van der Waals surface area contributed by atoms with Gasteiger partial charge in [-0.15, -0.1) is 0 Å². The van der Waals surface area contributed by atoms with Gasteiger partial charge in [0.25, 0.3) is 10.2 Å². The molecule has 0 amide bonds. The minimum Gasteiger partial charge on any atom is -0.320 e. The van der Waals surface area contributed by atoms with Crippen molar-refractivity contribution in [2.75, 3.05) is 40.3 Å². The van der Waals surface area contributed by atoms with Crippen molar-refractivity contribution >= 4 is 22.0 Å². The molecule has 0 bridgehead atoms. The molecule has 0 aromatic rings. The van der Waals surface area contributed by atoms with E-state index in [4.69, 9.17) is 0 Å². The molecular formula is C11H25N3O2S2. The van der Waals surface area contributed by atoms with E-state index < -0.39 is 10.2 Å². The van der Waals surface area contributed by atoms with Crippen molar-refractivity contribution in [2.45, 2.75) is 30.8 Å². The zero-order valence-corrected chi connectivity index (χ0v) is 13.4. The highest BCUT2D eigenvalue weighted by molar-refractivity contribution is 8.00. The first-order valence-electron chi connectivity index (χ1n) is 6.39. The molecule has 18 heavy (non-hydrogen) atoms. The molecule has 5 nitrogen and oxygen atoms in total. The molecule has 1 fully saturated rings. The summed E-state index contributed by atoms with van der Waals surface area (Å²) < 4.78 is 27.9. The van der Waals surface area contributed by atoms with Gasteiger partial charge in [-0.05, 0) is 20.0 Å². The normalized spacial score (nSPS) is 26.7. The fraction of sp³-hybridized carbons (Fsp3) is 1.00. The van der Waals surface area contributed by atoms with Gasteiger partial charge in [0.15, 0.2) is 0 Å². The molecule has 0 radical (unpaired) electrons. The summed E-state index contributed by atoms with van der Waals surface area (Å²) in [6.45, 7) is 6.81. The Morgan fingerprint density at radius 1 is 1.33 bits per heavy atom. The number of hydrogen-bond acceptors (Lipinski definition) is 4. The van der Waals surface area contributed by atoms with Crippen LogP contribution in [0.15, 0.2) is 0 Å². The van der Waals surface area contributed by atoms with Gasteiger partial charge >= 0.3 is 0 Å². The number of thioether (sulfide) groups is 1. The van der Waals surface area contributed by atoms with Crippen molar-refractivity contribution in [1.82, 2.24) is 13.9 Å². The fourth-order valence-corrected chi connectivity index (χ4v) is 5.20. The Hall–Kier alpha value is 0.180. The summed E-state index contributed by atoms with van der Waals surface area (Å²) in [6, 6.07) is 0. The van der Waals surface area contributed by atoms with Crippen LogP contribution in [0.5, 0.6) is 0 Å². The predicted molar refractivity (Wildman–Crippen MR) is 78.2 cm³/mol. The molecular weight excluding hydrogens is 270 g/mol. The number of nitrogens with one attached hydrogen (secondary N) is 1. The van der Waals surface area contributed by atoms with Gasteiger partial charge in [0.05, 0.1) is 0 Å².